The number of esters is 1. The summed E-state index contributed by atoms with van der Waals surface area (Å²) >= 11 is 0. The zero-order valence-electron chi connectivity index (χ0n) is 13.1. The fourth-order valence-electron chi connectivity index (χ4n) is 2.07. The minimum atomic E-state index is -0.456. The zero-order valence-corrected chi connectivity index (χ0v) is 13.1. The van der Waals surface area contributed by atoms with Crippen molar-refractivity contribution in [2.75, 3.05) is 19.8 Å². The Hall–Kier alpha value is -1.14. The SMILES string of the molecule is CC[C@H](C)C(N)COCCCCC(=O)N[C@H]1CCOC1=O. The van der Waals surface area contributed by atoms with Crippen molar-refractivity contribution < 1.29 is 19.1 Å². The van der Waals surface area contributed by atoms with Gasteiger partial charge in [-0.3, -0.25) is 4.79 Å². The molecular weight excluding hydrogens is 272 g/mol. The predicted octanol–water partition coefficient (Wildman–Crippen LogP) is 0.978. The molecular formula is C15H28N2O4. The van der Waals surface area contributed by atoms with Gasteiger partial charge in [0, 0.05) is 25.5 Å². The first kappa shape index (κ1) is 17.9. The highest BCUT2D eigenvalue weighted by Crippen LogP contribution is 2.07. The molecule has 0 spiro atoms. The number of hydrogen-bond acceptors (Lipinski definition) is 5. The van der Waals surface area contributed by atoms with E-state index in [4.69, 9.17) is 15.2 Å². The van der Waals surface area contributed by atoms with Crippen molar-refractivity contribution in [3.05, 3.63) is 0 Å². The number of amides is 1. The van der Waals surface area contributed by atoms with E-state index in [1.807, 2.05) is 0 Å². The Morgan fingerprint density at radius 2 is 2.29 bits per heavy atom. The molecule has 1 unspecified atom stereocenters. The van der Waals surface area contributed by atoms with Gasteiger partial charge in [0.15, 0.2) is 0 Å². The summed E-state index contributed by atoms with van der Waals surface area (Å²) < 4.78 is 10.3. The highest BCUT2D eigenvalue weighted by Gasteiger charge is 2.27. The van der Waals surface area contributed by atoms with Gasteiger partial charge in [0.2, 0.25) is 5.91 Å². The Balaban J connectivity index is 1.98. The van der Waals surface area contributed by atoms with Gasteiger partial charge >= 0.3 is 5.97 Å². The monoisotopic (exact) mass is 300 g/mol. The van der Waals surface area contributed by atoms with Crippen LogP contribution in [0, 0.1) is 5.92 Å². The average molecular weight is 300 g/mol. The molecule has 6 nitrogen and oxygen atoms in total. The number of carbonyl (C=O) groups is 2. The molecule has 0 aliphatic carbocycles. The third-order valence-corrected chi connectivity index (χ3v) is 3.90. The predicted molar refractivity (Wildman–Crippen MR) is 79.6 cm³/mol. The van der Waals surface area contributed by atoms with Crippen LogP contribution < -0.4 is 11.1 Å². The Bertz CT molecular complexity index is 336. The molecule has 1 rings (SSSR count). The molecule has 1 aliphatic heterocycles. The second kappa shape index (κ2) is 9.73. The third-order valence-electron chi connectivity index (χ3n) is 3.90. The van der Waals surface area contributed by atoms with Crippen LogP contribution in [0.15, 0.2) is 0 Å². The van der Waals surface area contributed by atoms with Crippen LogP contribution in [0.25, 0.3) is 0 Å². The van der Waals surface area contributed by atoms with Crippen molar-refractivity contribution in [1.82, 2.24) is 5.32 Å². The number of rotatable bonds is 10. The standard InChI is InChI=1S/C15H28N2O4/c1-3-11(2)12(16)10-20-8-5-4-6-14(18)17-13-7-9-21-15(13)19/h11-13H,3-10,16H2,1-2H3,(H,17,18)/t11-,12?,13-/m0/s1. The number of cyclic esters (lactones) is 1. The number of unbranched alkanes of at least 4 members (excludes halogenated alkanes) is 1. The van der Waals surface area contributed by atoms with Gasteiger partial charge in [-0.1, -0.05) is 20.3 Å². The summed E-state index contributed by atoms with van der Waals surface area (Å²) in [6, 6.07) is -0.381. The summed E-state index contributed by atoms with van der Waals surface area (Å²) in [5.74, 6) is 0.0304. The first-order valence-corrected chi connectivity index (χ1v) is 7.84. The van der Waals surface area contributed by atoms with Gasteiger partial charge in [0.1, 0.15) is 6.04 Å². The van der Waals surface area contributed by atoms with E-state index in [9.17, 15) is 9.59 Å². The summed E-state index contributed by atoms with van der Waals surface area (Å²) in [6.07, 6.45) is 3.59. The highest BCUT2D eigenvalue weighted by atomic mass is 16.5. The van der Waals surface area contributed by atoms with Crippen molar-refractivity contribution in [3.63, 3.8) is 0 Å². The van der Waals surface area contributed by atoms with Crippen LogP contribution >= 0.6 is 0 Å². The van der Waals surface area contributed by atoms with E-state index in [1.54, 1.807) is 0 Å². The molecule has 0 saturated carbocycles. The van der Waals surface area contributed by atoms with E-state index in [0.717, 1.165) is 19.3 Å². The van der Waals surface area contributed by atoms with E-state index in [0.29, 0.717) is 38.6 Å². The van der Waals surface area contributed by atoms with Gasteiger partial charge in [0.05, 0.1) is 13.2 Å². The lowest BCUT2D eigenvalue weighted by atomic mass is 10.0. The largest absolute Gasteiger partial charge is 0.464 e. The maximum absolute atomic E-state index is 11.6. The van der Waals surface area contributed by atoms with Gasteiger partial charge in [0.25, 0.3) is 0 Å². The molecule has 1 amide bonds. The van der Waals surface area contributed by atoms with Crippen LogP contribution in [-0.4, -0.2) is 43.8 Å². The molecule has 1 heterocycles. The number of ether oxygens (including phenoxy) is 2. The summed E-state index contributed by atoms with van der Waals surface area (Å²) in [5.41, 5.74) is 5.96. The summed E-state index contributed by atoms with van der Waals surface area (Å²) in [5, 5.41) is 2.69. The molecule has 0 aromatic heterocycles. The molecule has 0 aromatic carbocycles. The van der Waals surface area contributed by atoms with E-state index >= 15 is 0 Å². The first-order chi connectivity index (χ1) is 10.0. The van der Waals surface area contributed by atoms with E-state index in [2.05, 4.69) is 19.2 Å². The molecule has 3 N–H and O–H groups in total. The Kier molecular flexibility index (Phi) is 8.30. The van der Waals surface area contributed by atoms with Gasteiger partial charge in [-0.05, 0) is 18.8 Å². The molecule has 1 fully saturated rings. The fraction of sp³-hybridized carbons (Fsp3) is 0.867. The maximum Gasteiger partial charge on any atom is 0.328 e. The molecule has 3 atom stereocenters. The summed E-state index contributed by atoms with van der Waals surface area (Å²) in [7, 11) is 0. The lowest BCUT2D eigenvalue weighted by molar-refractivity contribution is -0.141. The summed E-state index contributed by atoms with van der Waals surface area (Å²) in [4.78, 5) is 22.8. The Labute approximate surface area is 126 Å². The van der Waals surface area contributed by atoms with Gasteiger partial charge < -0.3 is 20.5 Å². The number of nitrogens with two attached hydrogens (primary N) is 1. The summed E-state index contributed by atoms with van der Waals surface area (Å²) in [6.45, 7) is 5.81. The maximum atomic E-state index is 11.6. The fourth-order valence-corrected chi connectivity index (χ4v) is 2.07. The molecule has 0 bridgehead atoms. The van der Waals surface area contributed by atoms with Crippen LogP contribution in [0.2, 0.25) is 0 Å². The third kappa shape index (κ3) is 6.91. The molecule has 21 heavy (non-hydrogen) atoms. The normalized spacial score (nSPS) is 20.9. The Morgan fingerprint density at radius 3 is 2.90 bits per heavy atom. The molecule has 0 radical (unpaired) electrons. The van der Waals surface area contributed by atoms with Gasteiger partial charge in [-0.2, -0.15) is 0 Å². The van der Waals surface area contributed by atoms with Crippen molar-refractivity contribution in [2.24, 2.45) is 11.7 Å². The van der Waals surface area contributed by atoms with Gasteiger partial charge in [-0.25, -0.2) is 4.79 Å². The van der Waals surface area contributed by atoms with Crippen molar-refractivity contribution in [1.29, 1.82) is 0 Å². The van der Waals surface area contributed by atoms with Crippen molar-refractivity contribution in [2.45, 2.75) is 58.0 Å². The van der Waals surface area contributed by atoms with Crippen LogP contribution in [0.3, 0.4) is 0 Å². The van der Waals surface area contributed by atoms with E-state index in [-0.39, 0.29) is 17.9 Å². The first-order valence-electron chi connectivity index (χ1n) is 7.84. The quantitative estimate of drug-likeness (QED) is 0.463. The lowest BCUT2D eigenvalue weighted by Crippen LogP contribution is -2.37. The number of hydrogen-bond donors (Lipinski definition) is 2. The molecule has 6 heteroatoms. The van der Waals surface area contributed by atoms with Crippen LogP contribution in [0.4, 0.5) is 0 Å². The number of nitrogens with one attached hydrogen (secondary N) is 1. The van der Waals surface area contributed by atoms with Crippen LogP contribution in [0.1, 0.15) is 46.0 Å². The molecule has 122 valence electrons. The second-order valence-electron chi connectivity index (χ2n) is 5.66. The smallest absolute Gasteiger partial charge is 0.328 e. The lowest BCUT2D eigenvalue weighted by Gasteiger charge is -2.18. The van der Waals surface area contributed by atoms with E-state index in [1.165, 1.54) is 0 Å². The minimum Gasteiger partial charge on any atom is -0.464 e. The van der Waals surface area contributed by atoms with Crippen LogP contribution in [0.5, 0.6) is 0 Å². The second-order valence-corrected chi connectivity index (χ2v) is 5.66. The van der Waals surface area contributed by atoms with Crippen molar-refractivity contribution >= 4 is 11.9 Å². The topological polar surface area (TPSA) is 90.7 Å². The highest BCUT2D eigenvalue weighted by molar-refractivity contribution is 5.85. The van der Waals surface area contributed by atoms with Crippen molar-refractivity contribution in [3.8, 4) is 0 Å². The average Bonchev–Trinajstić information content (AvgIpc) is 2.86. The zero-order chi connectivity index (χ0) is 15.7. The molecule has 1 aliphatic rings. The van der Waals surface area contributed by atoms with Crippen LogP contribution in [-0.2, 0) is 19.1 Å². The number of carbonyl (C=O) groups excluding carboxylic acids is 2. The van der Waals surface area contributed by atoms with Gasteiger partial charge in [-0.15, -0.1) is 0 Å². The molecule has 1 saturated heterocycles. The minimum absolute atomic E-state index is 0.0756. The molecule has 0 aromatic rings. The van der Waals surface area contributed by atoms with E-state index < -0.39 is 6.04 Å². The Morgan fingerprint density at radius 1 is 1.52 bits per heavy atom.